The smallest absolute Gasteiger partial charge is 0.131 e. The van der Waals surface area contributed by atoms with Crippen LogP contribution in [0.4, 0.5) is 5.69 Å². The molecule has 1 fully saturated rings. The van der Waals surface area contributed by atoms with Crippen molar-refractivity contribution in [2.45, 2.75) is 59.0 Å². The van der Waals surface area contributed by atoms with Gasteiger partial charge >= 0.3 is 0 Å². The highest BCUT2D eigenvalue weighted by molar-refractivity contribution is 5.48. The van der Waals surface area contributed by atoms with Crippen molar-refractivity contribution in [3.05, 3.63) is 17.7 Å². The van der Waals surface area contributed by atoms with Gasteiger partial charge in [-0.15, -0.1) is 0 Å². The SMILES string of the molecule is CC(C)CNCc1nc(C(C)C)ncc1NC1CC1. The van der Waals surface area contributed by atoms with E-state index in [2.05, 4.69) is 43.3 Å². The van der Waals surface area contributed by atoms with E-state index in [0.717, 1.165) is 30.3 Å². The Morgan fingerprint density at radius 1 is 1.26 bits per heavy atom. The highest BCUT2D eigenvalue weighted by atomic mass is 15.0. The number of nitrogens with one attached hydrogen (secondary N) is 2. The van der Waals surface area contributed by atoms with Crippen LogP contribution in [-0.2, 0) is 6.54 Å². The highest BCUT2D eigenvalue weighted by Crippen LogP contribution is 2.26. The van der Waals surface area contributed by atoms with Gasteiger partial charge in [0.25, 0.3) is 0 Å². The van der Waals surface area contributed by atoms with E-state index in [-0.39, 0.29) is 0 Å². The maximum atomic E-state index is 4.71. The van der Waals surface area contributed by atoms with Crippen LogP contribution in [0.15, 0.2) is 6.20 Å². The molecule has 1 aliphatic carbocycles. The third-order valence-corrected chi connectivity index (χ3v) is 3.18. The summed E-state index contributed by atoms with van der Waals surface area (Å²) in [6.45, 7) is 10.5. The molecule has 1 aromatic rings. The van der Waals surface area contributed by atoms with Gasteiger partial charge in [0.05, 0.1) is 17.6 Å². The van der Waals surface area contributed by atoms with Gasteiger partial charge in [0.15, 0.2) is 0 Å². The summed E-state index contributed by atoms with van der Waals surface area (Å²) in [6.07, 6.45) is 4.49. The van der Waals surface area contributed by atoms with E-state index in [9.17, 15) is 0 Å². The number of aromatic nitrogens is 2. The molecule has 0 bridgehead atoms. The fourth-order valence-electron chi connectivity index (χ4n) is 1.89. The standard InChI is InChI=1S/C15H26N4/c1-10(2)7-16-8-13-14(18-12-5-6-12)9-17-15(19-13)11(3)4/h9-12,16,18H,5-8H2,1-4H3. The molecule has 1 heterocycles. The van der Waals surface area contributed by atoms with Gasteiger partial charge in [-0.3, -0.25) is 0 Å². The lowest BCUT2D eigenvalue weighted by molar-refractivity contribution is 0.546. The molecule has 1 aromatic heterocycles. The van der Waals surface area contributed by atoms with Crippen LogP contribution in [0.5, 0.6) is 0 Å². The molecule has 0 amide bonds. The fraction of sp³-hybridized carbons (Fsp3) is 0.733. The molecule has 106 valence electrons. The second kappa shape index (κ2) is 6.33. The minimum absolute atomic E-state index is 0.374. The lowest BCUT2D eigenvalue weighted by Gasteiger charge is -2.14. The second-order valence-corrected chi connectivity index (χ2v) is 6.19. The molecule has 0 unspecified atom stereocenters. The molecular formula is C15H26N4. The maximum absolute atomic E-state index is 4.71. The summed E-state index contributed by atoms with van der Waals surface area (Å²) in [7, 11) is 0. The van der Waals surface area contributed by atoms with E-state index in [0.29, 0.717) is 17.9 Å². The first-order chi connectivity index (χ1) is 9.06. The summed E-state index contributed by atoms with van der Waals surface area (Å²) >= 11 is 0. The third kappa shape index (κ3) is 4.46. The Hall–Kier alpha value is -1.16. The molecule has 2 N–H and O–H groups in total. The van der Waals surface area contributed by atoms with Crippen molar-refractivity contribution in [1.29, 1.82) is 0 Å². The van der Waals surface area contributed by atoms with Gasteiger partial charge in [-0.1, -0.05) is 27.7 Å². The van der Waals surface area contributed by atoms with Gasteiger partial charge in [-0.05, 0) is 25.3 Å². The predicted molar refractivity (Wildman–Crippen MR) is 79.3 cm³/mol. The highest BCUT2D eigenvalue weighted by Gasteiger charge is 2.22. The molecule has 0 radical (unpaired) electrons. The first kappa shape index (κ1) is 14.3. The normalized spacial score (nSPS) is 15.3. The zero-order valence-electron chi connectivity index (χ0n) is 12.5. The molecule has 4 heteroatoms. The van der Waals surface area contributed by atoms with Gasteiger partial charge in [0, 0.05) is 18.5 Å². The molecule has 1 aliphatic rings. The molecule has 0 saturated heterocycles. The van der Waals surface area contributed by atoms with Crippen molar-refractivity contribution >= 4 is 5.69 Å². The van der Waals surface area contributed by atoms with Crippen molar-refractivity contribution in [1.82, 2.24) is 15.3 Å². The summed E-state index contributed by atoms with van der Waals surface area (Å²) < 4.78 is 0. The number of nitrogens with zero attached hydrogens (tertiary/aromatic N) is 2. The van der Waals surface area contributed by atoms with Gasteiger partial charge in [0.1, 0.15) is 5.82 Å². The Kier molecular flexibility index (Phi) is 4.75. The van der Waals surface area contributed by atoms with E-state index in [1.54, 1.807) is 0 Å². The van der Waals surface area contributed by atoms with Crippen molar-refractivity contribution in [2.75, 3.05) is 11.9 Å². The van der Waals surface area contributed by atoms with Crippen LogP contribution in [0.2, 0.25) is 0 Å². The molecular weight excluding hydrogens is 236 g/mol. The molecule has 19 heavy (non-hydrogen) atoms. The largest absolute Gasteiger partial charge is 0.380 e. The van der Waals surface area contributed by atoms with E-state index in [1.165, 1.54) is 12.8 Å². The molecule has 0 atom stereocenters. The second-order valence-electron chi connectivity index (χ2n) is 6.19. The number of rotatable bonds is 7. The maximum Gasteiger partial charge on any atom is 0.131 e. The van der Waals surface area contributed by atoms with Crippen molar-refractivity contribution in [2.24, 2.45) is 5.92 Å². The van der Waals surface area contributed by atoms with E-state index < -0.39 is 0 Å². The minimum atomic E-state index is 0.374. The zero-order chi connectivity index (χ0) is 13.8. The summed E-state index contributed by atoms with van der Waals surface area (Å²) in [6, 6.07) is 0.636. The third-order valence-electron chi connectivity index (χ3n) is 3.18. The summed E-state index contributed by atoms with van der Waals surface area (Å²) in [5, 5.41) is 6.99. The fourth-order valence-corrected chi connectivity index (χ4v) is 1.89. The van der Waals surface area contributed by atoms with Crippen LogP contribution in [0.25, 0.3) is 0 Å². The molecule has 4 nitrogen and oxygen atoms in total. The Bertz CT molecular complexity index is 411. The van der Waals surface area contributed by atoms with Crippen LogP contribution in [0, 0.1) is 5.92 Å². The lowest BCUT2D eigenvalue weighted by atomic mass is 10.2. The van der Waals surface area contributed by atoms with Crippen LogP contribution in [-0.4, -0.2) is 22.6 Å². The summed E-state index contributed by atoms with van der Waals surface area (Å²) in [4.78, 5) is 9.18. The van der Waals surface area contributed by atoms with Crippen molar-refractivity contribution in [3.63, 3.8) is 0 Å². The van der Waals surface area contributed by atoms with Gasteiger partial charge in [-0.2, -0.15) is 0 Å². The lowest BCUT2D eigenvalue weighted by Crippen LogP contribution is -2.21. The van der Waals surface area contributed by atoms with Crippen LogP contribution < -0.4 is 10.6 Å². The zero-order valence-corrected chi connectivity index (χ0v) is 12.5. The Labute approximate surface area is 116 Å². The number of hydrogen-bond acceptors (Lipinski definition) is 4. The topological polar surface area (TPSA) is 49.8 Å². The molecule has 0 aliphatic heterocycles. The average Bonchev–Trinajstić information content (AvgIpc) is 3.14. The Morgan fingerprint density at radius 2 is 2.00 bits per heavy atom. The van der Waals surface area contributed by atoms with Gasteiger partial charge < -0.3 is 10.6 Å². The summed E-state index contributed by atoms with van der Waals surface area (Å²) in [5.74, 6) is 1.97. The van der Waals surface area contributed by atoms with Crippen LogP contribution >= 0.6 is 0 Å². The molecule has 0 spiro atoms. The number of hydrogen-bond donors (Lipinski definition) is 2. The quantitative estimate of drug-likeness (QED) is 0.793. The van der Waals surface area contributed by atoms with Crippen LogP contribution in [0.3, 0.4) is 0 Å². The molecule has 1 saturated carbocycles. The number of anilines is 1. The first-order valence-electron chi connectivity index (χ1n) is 7.39. The van der Waals surface area contributed by atoms with Crippen molar-refractivity contribution in [3.8, 4) is 0 Å². The molecule has 2 rings (SSSR count). The Morgan fingerprint density at radius 3 is 2.58 bits per heavy atom. The van der Waals surface area contributed by atoms with E-state index >= 15 is 0 Å². The Balaban J connectivity index is 2.07. The first-order valence-corrected chi connectivity index (χ1v) is 7.39. The average molecular weight is 262 g/mol. The monoisotopic (exact) mass is 262 g/mol. The van der Waals surface area contributed by atoms with Crippen LogP contribution in [0.1, 0.15) is 58.0 Å². The predicted octanol–water partition coefficient (Wildman–Crippen LogP) is 2.92. The van der Waals surface area contributed by atoms with E-state index in [4.69, 9.17) is 4.98 Å². The van der Waals surface area contributed by atoms with Crippen molar-refractivity contribution < 1.29 is 0 Å². The summed E-state index contributed by atoms with van der Waals surface area (Å²) in [5.41, 5.74) is 2.20. The van der Waals surface area contributed by atoms with Gasteiger partial charge in [-0.25, -0.2) is 9.97 Å². The minimum Gasteiger partial charge on any atom is -0.380 e. The van der Waals surface area contributed by atoms with E-state index in [1.807, 2.05) is 6.20 Å². The molecule has 0 aromatic carbocycles. The van der Waals surface area contributed by atoms with Gasteiger partial charge in [0.2, 0.25) is 0 Å².